The molecule has 11 atom stereocenters. The van der Waals surface area contributed by atoms with Crippen molar-refractivity contribution in [1.82, 2.24) is 29.8 Å². The highest BCUT2D eigenvalue weighted by Crippen LogP contribution is 2.49. The summed E-state index contributed by atoms with van der Waals surface area (Å²) in [6.45, 7) is 7.24. The summed E-state index contributed by atoms with van der Waals surface area (Å²) in [6.07, 6.45) is 6.04. The number of alkyl carbamates (subject to hydrolysis) is 1. The number of ether oxygens (including phenoxy) is 7. The molecular weight excluding hydrogens is 1330 g/mol. The average Bonchev–Trinajstić information content (AvgIpc) is 1.57. The molecule has 0 aromatic heterocycles. The van der Waals surface area contributed by atoms with E-state index >= 15 is 0 Å². The van der Waals surface area contributed by atoms with Crippen LogP contribution in [0.5, 0.6) is 5.75 Å². The van der Waals surface area contributed by atoms with Crippen molar-refractivity contribution >= 4 is 124 Å². The number of allylic oxidation sites excluding steroid dienone is 3. The van der Waals surface area contributed by atoms with Crippen molar-refractivity contribution in [3.63, 3.8) is 0 Å². The number of amides is 10. The Morgan fingerprint density at radius 3 is 2.14 bits per heavy atom. The third-order valence-electron chi connectivity index (χ3n) is 18.3. The Bertz CT molecular complexity index is 3310. The maximum Gasteiger partial charge on any atom is 0.409 e. The maximum absolute atomic E-state index is 14.4. The number of likely N-dealkylation sites (tertiary alicyclic amines) is 2. The second-order valence-electron chi connectivity index (χ2n) is 24.8. The number of imide groups is 3. The molecule has 7 aliphatic heterocycles. The molecule has 10 amide bonds. The number of nitrogens with zero attached hydrogens (tertiary/aromatic N) is 6. The first-order valence-electron chi connectivity index (χ1n) is 31.6. The van der Waals surface area contributed by atoms with Gasteiger partial charge in [0.15, 0.2) is 5.72 Å². The molecule has 31 heteroatoms. The number of thioether (sulfide) groups is 3. The molecule has 0 radical (unpaired) electrons. The molecule has 4 saturated heterocycles. The van der Waals surface area contributed by atoms with Crippen molar-refractivity contribution in [3.8, 4) is 5.75 Å². The molecule has 1 unspecified atom stereocenters. The molecule has 7 heterocycles. The van der Waals surface area contributed by atoms with Gasteiger partial charge in [0.05, 0.1) is 78.8 Å². The van der Waals surface area contributed by atoms with Crippen LogP contribution in [-0.2, 0) is 87.6 Å². The molecule has 524 valence electrons. The number of anilines is 1. The van der Waals surface area contributed by atoms with Crippen molar-refractivity contribution in [1.29, 1.82) is 0 Å². The smallest absolute Gasteiger partial charge is 0.409 e. The zero-order valence-corrected chi connectivity index (χ0v) is 58.7. The van der Waals surface area contributed by atoms with Gasteiger partial charge in [-0.1, -0.05) is 42.3 Å². The number of hydrogen-bond acceptors (Lipinski definition) is 23. The van der Waals surface area contributed by atoms with Crippen LogP contribution in [0.3, 0.4) is 0 Å². The number of ketones is 1. The fourth-order valence-corrected chi connectivity index (χ4v) is 15.0. The van der Waals surface area contributed by atoms with Gasteiger partial charge >= 0.3 is 12.1 Å². The SMILES string of the molecule is COc1cc2cc(c1Cl)N(C)C(=O)C[C@H](OC(=O)[C@H](C)N(C)C(=O)CCSC1CC(=O)N(CCOCCOCCCC(=O)CCC(=O)N3C[C@H](N4C(=O)C=C(SC)C4=O)C[C@H](N4C(=O)C=C(SC)C4=O)C3)C1=O)[C@@]1(C)O[C@H]1[C@H](C)[C@@H]1C[C@@](O)(NC(=O)O1)[C@H](OC)/C=C/C=C(\C)C2. The van der Waals surface area contributed by atoms with Crippen LogP contribution in [0, 0.1) is 5.92 Å². The summed E-state index contributed by atoms with van der Waals surface area (Å²) in [7, 11) is 5.81. The Hall–Kier alpha value is -6.64. The molecule has 96 heavy (non-hydrogen) atoms. The zero-order chi connectivity index (χ0) is 70.1. The van der Waals surface area contributed by atoms with E-state index in [1.807, 2.05) is 13.0 Å². The van der Waals surface area contributed by atoms with Crippen LogP contribution in [-0.4, -0.2) is 252 Å². The van der Waals surface area contributed by atoms with Gasteiger partial charge in [-0.05, 0) is 70.2 Å². The van der Waals surface area contributed by atoms with E-state index in [2.05, 4.69) is 5.32 Å². The minimum atomic E-state index is -1.91. The highest BCUT2D eigenvalue weighted by Gasteiger charge is 2.65. The zero-order valence-electron chi connectivity index (χ0n) is 55.5. The number of methoxy groups -OCH3 is 2. The number of Topliss-reactive ketones (excluding diaryl/α,β-unsaturated/α-hetero) is 1. The van der Waals surface area contributed by atoms with E-state index in [1.165, 1.54) is 62.1 Å². The van der Waals surface area contributed by atoms with E-state index in [-0.39, 0.29) is 117 Å². The average molecular weight is 1420 g/mol. The fourth-order valence-electron chi connectivity index (χ4n) is 12.6. The van der Waals surface area contributed by atoms with Gasteiger partial charge in [-0.25, -0.2) is 9.59 Å². The number of rotatable bonds is 26. The number of nitrogens with one attached hydrogen (secondary N) is 1. The maximum atomic E-state index is 14.4. The summed E-state index contributed by atoms with van der Waals surface area (Å²) in [4.78, 5) is 168. The predicted molar refractivity (Wildman–Crippen MR) is 354 cm³/mol. The number of likely N-dealkylation sites (N-methyl/N-ethyl adjacent to an activating group) is 1. The molecule has 4 bridgehead atoms. The quantitative estimate of drug-likeness (QED) is 0.0570. The number of aliphatic hydroxyl groups is 1. The topological polar surface area (TPSA) is 324 Å². The fraction of sp³-hybridized carbons (Fsp3) is 0.600. The van der Waals surface area contributed by atoms with Crippen LogP contribution >= 0.6 is 46.9 Å². The lowest BCUT2D eigenvalue weighted by Gasteiger charge is -2.43. The molecule has 27 nitrogen and oxygen atoms in total. The van der Waals surface area contributed by atoms with Crippen molar-refractivity contribution in [3.05, 3.63) is 68.5 Å². The molecular formula is C65H84ClN7O20S3. The number of esters is 1. The van der Waals surface area contributed by atoms with Gasteiger partial charge in [0.25, 0.3) is 23.6 Å². The highest BCUT2D eigenvalue weighted by molar-refractivity contribution is 8.03. The third kappa shape index (κ3) is 17.4. The molecule has 0 spiro atoms. The van der Waals surface area contributed by atoms with E-state index < -0.39 is 137 Å². The highest BCUT2D eigenvalue weighted by atomic mass is 35.5. The lowest BCUT2D eigenvalue weighted by molar-refractivity contribution is -0.162. The molecule has 1 aromatic carbocycles. The number of piperidine rings is 1. The first-order chi connectivity index (χ1) is 45.6. The molecule has 2 N–H and O–H groups in total. The first kappa shape index (κ1) is 75.1. The Labute approximate surface area is 574 Å². The first-order valence-corrected chi connectivity index (χ1v) is 35.5. The molecule has 8 rings (SSSR count). The van der Waals surface area contributed by atoms with Crippen LogP contribution in [0.2, 0.25) is 5.02 Å². The number of hydrogen-bond donors (Lipinski definition) is 2. The number of epoxide rings is 1. The number of halogens is 1. The summed E-state index contributed by atoms with van der Waals surface area (Å²) in [5.41, 5.74) is -1.30. The van der Waals surface area contributed by atoms with Crippen molar-refractivity contribution in [2.45, 2.75) is 151 Å². The van der Waals surface area contributed by atoms with Crippen LogP contribution in [0.4, 0.5) is 10.5 Å². The summed E-state index contributed by atoms with van der Waals surface area (Å²) >= 11 is 10.2. The largest absolute Gasteiger partial charge is 0.495 e. The predicted octanol–water partition coefficient (Wildman–Crippen LogP) is 4.13. The summed E-state index contributed by atoms with van der Waals surface area (Å²) < 4.78 is 40.7. The minimum absolute atomic E-state index is 0.0152. The van der Waals surface area contributed by atoms with Crippen molar-refractivity contribution in [2.75, 3.05) is 97.5 Å². The second kappa shape index (κ2) is 32.8. The van der Waals surface area contributed by atoms with Crippen LogP contribution in [0.1, 0.15) is 91.0 Å². The third-order valence-corrected chi connectivity index (χ3v) is 21.4. The van der Waals surface area contributed by atoms with E-state index in [4.69, 9.17) is 44.8 Å². The van der Waals surface area contributed by atoms with E-state index in [9.17, 15) is 62.6 Å². The van der Waals surface area contributed by atoms with Gasteiger partial charge in [-0.3, -0.25) is 68.0 Å². The molecule has 4 fully saturated rings. The van der Waals surface area contributed by atoms with Crippen LogP contribution in [0.15, 0.2) is 57.9 Å². The van der Waals surface area contributed by atoms with Crippen molar-refractivity contribution < 1.29 is 95.8 Å². The second-order valence-corrected chi connectivity index (χ2v) is 28.1. The van der Waals surface area contributed by atoms with Gasteiger partial charge in [-0.2, -0.15) is 0 Å². The van der Waals surface area contributed by atoms with E-state index in [0.29, 0.717) is 24.3 Å². The van der Waals surface area contributed by atoms with E-state index in [0.717, 1.165) is 61.1 Å². The van der Waals surface area contributed by atoms with Crippen LogP contribution < -0.4 is 15.0 Å². The van der Waals surface area contributed by atoms with Crippen LogP contribution in [0.25, 0.3) is 0 Å². The van der Waals surface area contributed by atoms with Gasteiger partial charge in [0, 0.05) is 103 Å². The number of benzene rings is 1. The van der Waals surface area contributed by atoms with Gasteiger partial charge in [0.2, 0.25) is 29.5 Å². The monoisotopic (exact) mass is 1410 g/mol. The Morgan fingerprint density at radius 2 is 1.52 bits per heavy atom. The Morgan fingerprint density at radius 1 is 0.875 bits per heavy atom. The Kier molecular flexibility index (Phi) is 25.7. The normalized spacial score (nSPS) is 28.4. The van der Waals surface area contributed by atoms with Gasteiger partial charge < -0.3 is 53.0 Å². The summed E-state index contributed by atoms with van der Waals surface area (Å²) in [6, 6.07) is 0.711. The molecule has 1 aromatic rings. The molecule has 0 aliphatic carbocycles. The lowest BCUT2D eigenvalue weighted by Crippen LogP contribution is -2.63. The summed E-state index contributed by atoms with van der Waals surface area (Å²) in [5, 5.41) is 13.8. The molecule has 0 saturated carbocycles. The number of fused-ring (bicyclic) bond motifs is 5. The number of carbonyl (C=O) groups is 12. The van der Waals surface area contributed by atoms with Crippen molar-refractivity contribution in [2.24, 2.45) is 5.92 Å². The van der Waals surface area contributed by atoms with Gasteiger partial charge in [-0.15, -0.1) is 35.3 Å². The van der Waals surface area contributed by atoms with Gasteiger partial charge in [0.1, 0.15) is 46.5 Å². The van der Waals surface area contributed by atoms with E-state index in [1.54, 1.807) is 50.6 Å². The molecule has 7 aliphatic rings. The number of carbonyl (C=O) groups excluding carboxylic acids is 12. The minimum Gasteiger partial charge on any atom is -0.495 e. The lowest BCUT2D eigenvalue weighted by atomic mass is 9.83. The summed E-state index contributed by atoms with van der Waals surface area (Å²) in [5.74, 6) is -5.59. The Balaban J connectivity index is 0.760. The standard InChI is InChI=1S/C65H84ClN7O20S3/c1-36-13-11-15-49(88-8)65(86)33-45(91-63(85)67-65)37(2)58-64(4,93-58)50(32-53(77)69(6)43-26-39(25-36)27-44(87-7)57(43)66)92-62(84)38(3)68(5)51(75)18-24-96-48-31-54(78)71(59(48)81)19-21-90-23-22-89-20-12-14-42(74)16-17-52(76)70-34-40(72-55(79)29-46(94-9)60(72)82)28-41(35-70)73-56(80)30-47(95-10)61(73)83/h11,13,15,26-27,29-30,37-38,40-41,45,48-50,58,86H,12,14,16-25,28,31-35H2,1-10H3,(H,67,85)/b15-11+,36-13+/t37-,38+,40-,41+,45+,48?,49-,50+,58+,64-,65+/m1/s1.